The van der Waals surface area contributed by atoms with Gasteiger partial charge in [-0.2, -0.15) is 13.2 Å². The van der Waals surface area contributed by atoms with Crippen LogP contribution in [0.3, 0.4) is 0 Å². The summed E-state index contributed by atoms with van der Waals surface area (Å²) < 4.78 is 38.4. The molecule has 0 unspecified atom stereocenters. The number of hydrogen-bond donors (Lipinski definition) is 0. The van der Waals surface area contributed by atoms with Crippen molar-refractivity contribution in [3.05, 3.63) is 12.7 Å². The molecule has 2 rings (SSSR count). The molecule has 1 nitrogen and oxygen atoms in total. The Bertz CT molecular complexity index is 287. The van der Waals surface area contributed by atoms with Crippen LogP contribution in [0.25, 0.3) is 0 Å². The summed E-state index contributed by atoms with van der Waals surface area (Å²) in [5.41, 5.74) is -0.0680. The average molecular weight is 247 g/mol. The Morgan fingerprint density at radius 3 is 2.76 bits per heavy atom. The van der Waals surface area contributed by atoms with Gasteiger partial charge in [0.25, 0.3) is 0 Å². The molecule has 1 spiro atoms. The number of alkyl halides is 3. The van der Waals surface area contributed by atoms with Gasteiger partial charge in [-0.05, 0) is 37.6 Å². The topological polar surface area (TPSA) is 3.24 Å². The predicted octanol–water partition coefficient (Wildman–Crippen LogP) is 3.62. The third-order valence-corrected chi connectivity index (χ3v) is 4.31. The quantitative estimate of drug-likeness (QED) is 0.674. The maximum atomic E-state index is 12.8. The minimum absolute atomic E-state index is 0.0680. The van der Waals surface area contributed by atoms with Crippen molar-refractivity contribution in [2.24, 2.45) is 11.3 Å². The molecule has 0 aromatic heterocycles. The Balaban J connectivity index is 2.00. The van der Waals surface area contributed by atoms with Crippen molar-refractivity contribution in [2.75, 3.05) is 19.6 Å². The first-order chi connectivity index (χ1) is 7.95. The first-order valence-electron chi connectivity index (χ1n) is 6.35. The molecule has 0 bridgehead atoms. The molecule has 17 heavy (non-hydrogen) atoms. The van der Waals surface area contributed by atoms with E-state index >= 15 is 0 Å². The second-order valence-corrected chi connectivity index (χ2v) is 5.61. The van der Waals surface area contributed by atoms with E-state index in [1.165, 1.54) is 0 Å². The largest absolute Gasteiger partial charge is 0.391 e. The van der Waals surface area contributed by atoms with Gasteiger partial charge in [0.1, 0.15) is 0 Å². The maximum Gasteiger partial charge on any atom is 0.391 e. The van der Waals surface area contributed by atoms with Crippen molar-refractivity contribution >= 4 is 0 Å². The standard InChI is InChI=1S/C13H20F3N/c1-2-7-17-8-6-12(10-17)5-3-4-11(9-12)13(14,15)16/h2,11H,1,3-10H2/t11-,12-/m0/s1. The van der Waals surface area contributed by atoms with Crippen molar-refractivity contribution < 1.29 is 13.2 Å². The van der Waals surface area contributed by atoms with Crippen LogP contribution in [0.15, 0.2) is 12.7 Å². The van der Waals surface area contributed by atoms with Gasteiger partial charge in [-0.1, -0.05) is 12.5 Å². The lowest BCUT2D eigenvalue weighted by Gasteiger charge is -2.38. The van der Waals surface area contributed by atoms with E-state index in [9.17, 15) is 13.2 Å². The Hall–Kier alpha value is -0.510. The minimum Gasteiger partial charge on any atom is -0.299 e. The third-order valence-electron chi connectivity index (χ3n) is 4.31. The summed E-state index contributed by atoms with van der Waals surface area (Å²) in [5, 5.41) is 0. The van der Waals surface area contributed by atoms with E-state index in [2.05, 4.69) is 11.5 Å². The smallest absolute Gasteiger partial charge is 0.299 e. The number of halogens is 3. The lowest BCUT2D eigenvalue weighted by Crippen LogP contribution is -2.37. The zero-order valence-electron chi connectivity index (χ0n) is 10.1. The van der Waals surface area contributed by atoms with Crippen molar-refractivity contribution in [2.45, 2.75) is 38.3 Å². The van der Waals surface area contributed by atoms with Crippen LogP contribution < -0.4 is 0 Å². The fourth-order valence-electron chi connectivity index (χ4n) is 3.47. The van der Waals surface area contributed by atoms with Crippen LogP contribution in [0.4, 0.5) is 13.2 Å². The first-order valence-corrected chi connectivity index (χ1v) is 6.35. The molecule has 0 aromatic rings. The normalized spacial score (nSPS) is 35.4. The highest BCUT2D eigenvalue weighted by molar-refractivity contribution is 4.96. The molecule has 0 radical (unpaired) electrons. The van der Waals surface area contributed by atoms with Gasteiger partial charge in [-0.15, -0.1) is 6.58 Å². The van der Waals surface area contributed by atoms with Gasteiger partial charge in [-0.25, -0.2) is 0 Å². The Morgan fingerprint density at radius 1 is 1.35 bits per heavy atom. The Morgan fingerprint density at radius 2 is 2.12 bits per heavy atom. The second-order valence-electron chi connectivity index (χ2n) is 5.61. The molecule has 1 aliphatic heterocycles. The minimum atomic E-state index is -4.00. The number of rotatable bonds is 2. The molecular formula is C13H20F3N. The fourth-order valence-corrected chi connectivity index (χ4v) is 3.47. The molecule has 98 valence electrons. The lowest BCUT2D eigenvalue weighted by atomic mass is 9.69. The number of nitrogens with zero attached hydrogens (tertiary/aromatic N) is 1. The lowest BCUT2D eigenvalue weighted by molar-refractivity contribution is -0.191. The molecule has 0 N–H and O–H groups in total. The molecule has 1 saturated heterocycles. The van der Waals surface area contributed by atoms with Crippen molar-refractivity contribution in [3.8, 4) is 0 Å². The van der Waals surface area contributed by atoms with E-state index in [0.29, 0.717) is 12.8 Å². The van der Waals surface area contributed by atoms with Crippen LogP contribution in [-0.2, 0) is 0 Å². The van der Waals surface area contributed by atoms with Crippen LogP contribution in [-0.4, -0.2) is 30.7 Å². The van der Waals surface area contributed by atoms with Crippen LogP contribution >= 0.6 is 0 Å². The van der Waals surface area contributed by atoms with Crippen molar-refractivity contribution in [1.82, 2.24) is 4.90 Å². The predicted molar refractivity (Wildman–Crippen MR) is 61.7 cm³/mol. The molecule has 2 atom stereocenters. The fraction of sp³-hybridized carbons (Fsp3) is 0.846. The van der Waals surface area contributed by atoms with Gasteiger partial charge >= 0.3 is 6.18 Å². The van der Waals surface area contributed by atoms with Gasteiger partial charge < -0.3 is 0 Å². The molecule has 0 aromatic carbocycles. The van der Waals surface area contributed by atoms with Crippen molar-refractivity contribution in [3.63, 3.8) is 0 Å². The summed E-state index contributed by atoms with van der Waals surface area (Å²) in [6.07, 6.45) is 1.12. The Kier molecular flexibility index (Phi) is 3.53. The molecule has 4 heteroatoms. The summed E-state index contributed by atoms with van der Waals surface area (Å²) in [6, 6.07) is 0. The zero-order chi connectivity index (χ0) is 12.5. The number of hydrogen-bond acceptors (Lipinski definition) is 1. The summed E-state index contributed by atoms with van der Waals surface area (Å²) in [4.78, 5) is 2.23. The molecule has 1 saturated carbocycles. The highest BCUT2D eigenvalue weighted by Crippen LogP contribution is 2.50. The van der Waals surface area contributed by atoms with Crippen LogP contribution in [0, 0.1) is 11.3 Å². The van der Waals surface area contributed by atoms with Crippen LogP contribution in [0.5, 0.6) is 0 Å². The summed E-state index contributed by atoms with van der Waals surface area (Å²) in [5.74, 6) is -1.07. The summed E-state index contributed by atoms with van der Waals surface area (Å²) in [6.45, 7) is 6.25. The number of likely N-dealkylation sites (tertiary alicyclic amines) is 1. The zero-order valence-corrected chi connectivity index (χ0v) is 10.1. The SMILES string of the molecule is C=CCN1CC[C@]2(CCC[C@H](C(F)(F)F)C2)C1. The highest BCUT2D eigenvalue weighted by Gasteiger charge is 2.49. The van der Waals surface area contributed by atoms with E-state index < -0.39 is 12.1 Å². The van der Waals surface area contributed by atoms with Crippen LogP contribution in [0.1, 0.15) is 32.1 Å². The van der Waals surface area contributed by atoms with E-state index in [4.69, 9.17) is 0 Å². The summed E-state index contributed by atoms with van der Waals surface area (Å²) >= 11 is 0. The van der Waals surface area contributed by atoms with Gasteiger partial charge in [0.05, 0.1) is 5.92 Å². The monoisotopic (exact) mass is 247 g/mol. The average Bonchev–Trinajstić information content (AvgIpc) is 2.61. The summed E-state index contributed by atoms with van der Waals surface area (Å²) in [7, 11) is 0. The van der Waals surface area contributed by atoms with E-state index in [0.717, 1.165) is 38.9 Å². The van der Waals surface area contributed by atoms with Crippen LogP contribution in [0.2, 0.25) is 0 Å². The molecule has 1 heterocycles. The third kappa shape index (κ3) is 2.84. The van der Waals surface area contributed by atoms with Gasteiger partial charge in [0, 0.05) is 13.1 Å². The molecular weight excluding hydrogens is 227 g/mol. The van der Waals surface area contributed by atoms with Crippen molar-refractivity contribution in [1.29, 1.82) is 0 Å². The molecule has 0 amide bonds. The van der Waals surface area contributed by atoms with Gasteiger partial charge in [0.2, 0.25) is 0 Å². The van der Waals surface area contributed by atoms with Gasteiger partial charge in [0.15, 0.2) is 0 Å². The molecule has 1 aliphatic carbocycles. The maximum absolute atomic E-state index is 12.8. The first kappa shape index (κ1) is 12.9. The Labute approximate surface area is 101 Å². The van der Waals surface area contributed by atoms with E-state index in [1.54, 1.807) is 0 Å². The van der Waals surface area contributed by atoms with Gasteiger partial charge in [-0.3, -0.25) is 4.90 Å². The molecule has 2 aliphatic rings. The second kappa shape index (κ2) is 4.63. The molecule has 2 fully saturated rings. The highest BCUT2D eigenvalue weighted by atomic mass is 19.4. The van der Waals surface area contributed by atoms with E-state index in [1.807, 2.05) is 6.08 Å². The van der Waals surface area contributed by atoms with E-state index in [-0.39, 0.29) is 5.41 Å².